The second-order valence-electron chi connectivity index (χ2n) is 10.0. The number of ether oxygens (including phenoxy) is 2. The fourth-order valence-corrected chi connectivity index (χ4v) is 4.70. The lowest BCUT2D eigenvalue weighted by Crippen LogP contribution is -2.23. The second kappa shape index (κ2) is 12.0. The van der Waals surface area contributed by atoms with E-state index in [1.54, 1.807) is 0 Å². The third kappa shape index (κ3) is 6.94. The summed E-state index contributed by atoms with van der Waals surface area (Å²) in [7, 11) is 0. The standard InChI is InChI=1S/C30H36N2O5/c1-20(2)19-36-22(4)32-17-25(16-29(33)34)27(18-32)24-11-8-12-26(15-24)35-14-13-28-21(3)37-30(31-28)23-9-6-5-7-10-23/h5-12,15,20,25,27H,4,13-14,16-19H2,1-3H3,(H,33,34)/t25-,27-/m0/s1. The van der Waals surface area contributed by atoms with Crippen LogP contribution in [0.5, 0.6) is 5.75 Å². The van der Waals surface area contributed by atoms with Crippen LogP contribution in [0.25, 0.3) is 11.5 Å². The maximum atomic E-state index is 11.6. The van der Waals surface area contributed by atoms with Crippen molar-refractivity contribution in [2.45, 2.75) is 39.5 Å². The second-order valence-corrected chi connectivity index (χ2v) is 10.0. The molecule has 1 aliphatic rings. The maximum absolute atomic E-state index is 11.6. The Morgan fingerprint density at radius 2 is 1.97 bits per heavy atom. The number of likely N-dealkylation sites (tertiary alicyclic amines) is 1. The van der Waals surface area contributed by atoms with Gasteiger partial charge in [0.05, 0.1) is 25.3 Å². The zero-order valence-electron chi connectivity index (χ0n) is 21.9. The Hall–Kier alpha value is -3.74. The van der Waals surface area contributed by atoms with E-state index in [4.69, 9.17) is 13.9 Å². The Balaban J connectivity index is 1.40. The molecular formula is C30H36N2O5. The third-order valence-electron chi connectivity index (χ3n) is 6.62. The molecule has 1 aromatic heterocycles. The van der Waals surface area contributed by atoms with E-state index in [0.717, 1.165) is 28.3 Å². The number of carbonyl (C=O) groups is 1. The molecule has 3 aromatic rings. The molecule has 0 bridgehead atoms. The van der Waals surface area contributed by atoms with Crippen molar-refractivity contribution in [3.63, 3.8) is 0 Å². The van der Waals surface area contributed by atoms with Crippen LogP contribution in [0.3, 0.4) is 0 Å². The van der Waals surface area contributed by atoms with Crippen molar-refractivity contribution in [3.8, 4) is 17.2 Å². The van der Waals surface area contributed by atoms with Crippen molar-refractivity contribution >= 4 is 5.97 Å². The molecule has 1 N–H and O–H groups in total. The largest absolute Gasteiger partial charge is 0.493 e. The smallest absolute Gasteiger partial charge is 0.303 e. The molecule has 0 saturated carbocycles. The van der Waals surface area contributed by atoms with E-state index in [2.05, 4.69) is 30.3 Å². The summed E-state index contributed by atoms with van der Waals surface area (Å²) in [5, 5.41) is 9.50. The molecule has 2 heterocycles. The van der Waals surface area contributed by atoms with Crippen molar-refractivity contribution < 1.29 is 23.8 Å². The highest BCUT2D eigenvalue weighted by Crippen LogP contribution is 2.37. The molecule has 37 heavy (non-hydrogen) atoms. The highest BCUT2D eigenvalue weighted by Gasteiger charge is 2.36. The Bertz CT molecular complexity index is 1200. The number of carboxylic acid groups (broad SMARTS) is 1. The van der Waals surface area contributed by atoms with E-state index in [-0.39, 0.29) is 18.3 Å². The summed E-state index contributed by atoms with van der Waals surface area (Å²) >= 11 is 0. The topological polar surface area (TPSA) is 85.0 Å². The van der Waals surface area contributed by atoms with Crippen molar-refractivity contribution in [2.75, 3.05) is 26.3 Å². The van der Waals surface area contributed by atoms with Crippen LogP contribution >= 0.6 is 0 Å². The molecule has 1 fully saturated rings. The summed E-state index contributed by atoms with van der Waals surface area (Å²) < 4.78 is 17.8. The van der Waals surface area contributed by atoms with Crippen LogP contribution in [0.1, 0.15) is 43.2 Å². The number of aryl methyl sites for hydroxylation is 1. The first-order valence-corrected chi connectivity index (χ1v) is 12.8. The van der Waals surface area contributed by atoms with Gasteiger partial charge in [-0.15, -0.1) is 0 Å². The first-order chi connectivity index (χ1) is 17.8. The van der Waals surface area contributed by atoms with Crippen LogP contribution in [0.4, 0.5) is 0 Å². The molecule has 1 saturated heterocycles. The first kappa shape index (κ1) is 26.3. The van der Waals surface area contributed by atoms with Crippen molar-refractivity contribution in [3.05, 3.63) is 84.1 Å². The van der Waals surface area contributed by atoms with E-state index in [1.807, 2.05) is 61.5 Å². The SMILES string of the molecule is C=C(OCC(C)C)N1C[C@H](CC(=O)O)[C@H](c2cccc(OCCc3nc(-c4ccccc4)oc3C)c2)C1. The maximum Gasteiger partial charge on any atom is 0.303 e. The van der Waals surface area contributed by atoms with Gasteiger partial charge in [0, 0.05) is 31.0 Å². The van der Waals surface area contributed by atoms with Gasteiger partial charge in [-0.3, -0.25) is 4.79 Å². The minimum absolute atomic E-state index is 0.0404. The molecule has 0 amide bonds. The molecule has 196 valence electrons. The Kier molecular flexibility index (Phi) is 8.54. The number of oxazole rings is 1. The highest BCUT2D eigenvalue weighted by molar-refractivity contribution is 5.67. The van der Waals surface area contributed by atoms with E-state index < -0.39 is 5.97 Å². The van der Waals surface area contributed by atoms with E-state index >= 15 is 0 Å². The number of hydrogen-bond donors (Lipinski definition) is 1. The van der Waals surface area contributed by atoms with Gasteiger partial charge in [0.25, 0.3) is 0 Å². The number of aliphatic carboxylic acids is 1. The first-order valence-electron chi connectivity index (χ1n) is 12.8. The average molecular weight is 505 g/mol. The molecule has 0 radical (unpaired) electrons. The molecule has 0 aliphatic carbocycles. The summed E-state index contributed by atoms with van der Waals surface area (Å²) in [6, 6.07) is 17.8. The lowest BCUT2D eigenvalue weighted by molar-refractivity contribution is -0.138. The predicted molar refractivity (Wildman–Crippen MR) is 142 cm³/mol. The summed E-state index contributed by atoms with van der Waals surface area (Å²) in [5.74, 6) is 2.37. The zero-order valence-corrected chi connectivity index (χ0v) is 21.9. The molecule has 7 nitrogen and oxygen atoms in total. The van der Waals surface area contributed by atoms with Gasteiger partial charge in [0.1, 0.15) is 11.5 Å². The van der Waals surface area contributed by atoms with Gasteiger partial charge in [-0.2, -0.15) is 0 Å². The summed E-state index contributed by atoms with van der Waals surface area (Å²) in [5.41, 5.74) is 2.89. The van der Waals surface area contributed by atoms with Crippen LogP contribution in [-0.4, -0.2) is 47.3 Å². The van der Waals surface area contributed by atoms with Gasteiger partial charge < -0.3 is 23.9 Å². The lowest BCUT2D eigenvalue weighted by Gasteiger charge is -2.22. The number of aromatic nitrogens is 1. The van der Waals surface area contributed by atoms with E-state index in [0.29, 0.717) is 50.4 Å². The summed E-state index contributed by atoms with van der Waals surface area (Å²) in [6.07, 6.45) is 0.719. The zero-order chi connectivity index (χ0) is 26.4. The van der Waals surface area contributed by atoms with Gasteiger partial charge in [-0.05, 0) is 55.2 Å². The van der Waals surface area contributed by atoms with Crippen LogP contribution < -0.4 is 4.74 Å². The van der Waals surface area contributed by atoms with Crippen molar-refractivity contribution in [2.24, 2.45) is 11.8 Å². The number of hydrogen-bond acceptors (Lipinski definition) is 6. The molecule has 2 atom stereocenters. The normalized spacial score (nSPS) is 17.2. The number of rotatable bonds is 12. The summed E-state index contributed by atoms with van der Waals surface area (Å²) in [6.45, 7) is 12.5. The highest BCUT2D eigenvalue weighted by atomic mass is 16.5. The molecule has 0 unspecified atom stereocenters. The van der Waals surface area contributed by atoms with Crippen LogP contribution in [-0.2, 0) is 16.0 Å². The molecular weight excluding hydrogens is 468 g/mol. The quantitative estimate of drug-likeness (QED) is 0.307. The van der Waals surface area contributed by atoms with Gasteiger partial charge in [0.2, 0.25) is 5.89 Å². The third-order valence-corrected chi connectivity index (χ3v) is 6.62. The van der Waals surface area contributed by atoms with Gasteiger partial charge in [0.15, 0.2) is 5.88 Å². The fourth-order valence-electron chi connectivity index (χ4n) is 4.70. The van der Waals surface area contributed by atoms with Crippen LogP contribution in [0.15, 0.2) is 71.5 Å². The molecule has 2 aromatic carbocycles. The van der Waals surface area contributed by atoms with Gasteiger partial charge >= 0.3 is 5.97 Å². The predicted octanol–water partition coefficient (Wildman–Crippen LogP) is 5.91. The fraction of sp³-hybridized carbons (Fsp3) is 0.400. The lowest BCUT2D eigenvalue weighted by atomic mass is 9.87. The van der Waals surface area contributed by atoms with Gasteiger partial charge in [-0.1, -0.05) is 44.2 Å². The molecule has 0 spiro atoms. The molecule has 4 rings (SSSR count). The van der Waals surface area contributed by atoms with E-state index in [9.17, 15) is 9.90 Å². The molecule has 1 aliphatic heterocycles. The van der Waals surface area contributed by atoms with E-state index in [1.165, 1.54) is 0 Å². The van der Waals surface area contributed by atoms with Crippen molar-refractivity contribution in [1.29, 1.82) is 0 Å². The van der Waals surface area contributed by atoms with Crippen molar-refractivity contribution in [1.82, 2.24) is 9.88 Å². The Morgan fingerprint density at radius 1 is 1.19 bits per heavy atom. The Labute approximate surface area is 218 Å². The Morgan fingerprint density at radius 3 is 2.70 bits per heavy atom. The van der Waals surface area contributed by atoms with Crippen LogP contribution in [0, 0.1) is 18.8 Å². The monoisotopic (exact) mass is 504 g/mol. The number of carboxylic acids is 1. The number of benzene rings is 2. The minimum Gasteiger partial charge on any atom is -0.493 e. The number of nitrogens with zero attached hydrogens (tertiary/aromatic N) is 2. The average Bonchev–Trinajstić information content (AvgIpc) is 3.46. The summed E-state index contributed by atoms with van der Waals surface area (Å²) in [4.78, 5) is 18.3. The molecule has 7 heteroatoms. The van der Waals surface area contributed by atoms with Gasteiger partial charge in [-0.25, -0.2) is 4.98 Å². The minimum atomic E-state index is -0.796. The van der Waals surface area contributed by atoms with Crippen LogP contribution in [0.2, 0.25) is 0 Å².